The van der Waals surface area contributed by atoms with E-state index in [9.17, 15) is 0 Å². The van der Waals surface area contributed by atoms with Crippen molar-refractivity contribution >= 4 is 28.2 Å². The number of hydrogen-bond acceptors (Lipinski definition) is 3. The van der Waals surface area contributed by atoms with Gasteiger partial charge in [-0.1, -0.05) is 6.07 Å². The zero-order valence-corrected chi connectivity index (χ0v) is 11.2. The molecule has 0 atom stereocenters. The molecule has 1 N–H and O–H groups in total. The molecule has 18 heavy (non-hydrogen) atoms. The Morgan fingerprint density at radius 2 is 2.17 bits per heavy atom. The number of benzene rings is 1. The number of nitrogens with zero attached hydrogens (tertiary/aromatic N) is 1. The van der Waals surface area contributed by atoms with E-state index in [1.165, 1.54) is 0 Å². The van der Waals surface area contributed by atoms with Crippen molar-refractivity contribution in [2.24, 2.45) is 0 Å². The van der Waals surface area contributed by atoms with Gasteiger partial charge in [-0.05, 0) is 36.4 Å². The largest absolute Gasteiger partial charge is 0.497 e. The third-order valence-electron chi connectivity index (χ3n) is 2.83. The Hall–Kier alpha value is -1.48. The molecule has 0 aliphatic carbocycles. The predicted octanol–water partition coefficient (Wildman–Crippen LogP) is 3.67. The van der Waals surface area contributed by atoms with E-state index in [2.05, 4.69) is 10.3 Å². The summed E-state index contributed by atoms with van der Waals surface area (Å²) >= 11 is 5.66. The molecule has 0 amide bonds. The number of hydrogen-bond donors (Lipinski definition) is 1. The average Bonchev–Trinajstić information content (AvgIpc) is 2.43. The van der Waals surface area contributed by atoms with Crippen molar-refractivity contribution < 1.29 is 4.74 Å². The van der Waals surface area contributed by atoms with Crippen LogP contribution < -0.4 is 10.1 Å². The fourth-order valence-corrected chi connectivity index (χ4v) is 2.03. The topological polar surface area (TPSA) is 34.1 Å². The van der Waals surface area contributed by atoms with Crippen LogP contribution in [-0.2, 0) is 0 Å². The minimum Gasteiger partial charge on any atom is -0.497 e. The highest BCUT2D eigenvalue weighted by Gasteiger charge is 2.03. The Morgan fingerprint density at radius 1 is 1.28 bits per heavy atom. The number of nitrogens with one attached hydrogen (secondary N) is 1. The molecule has 0 fully saturated rings. The lowest BCUT2D eigenvalue weighted by molar-refractivity contribution is 0.415. The van der Waals surface area contributed by atoms with Gasteiger partial charge in [0, 0.05) is 24.0 Å². The van der Waals surface area contributed by atoms with Gasteiger partial charge in [0.25, 0.3) is 0 Å². The fourth-order valence-electron chi connectivity index (χ4n) is 1.84. The summed E-state index contributed by atoms with van der Waals surface area (Å²) in [7, 11) is 1.67. The minimum absolute atomic E-state index is 0.707. The average molecular weight is 265 g/mol. The van der Waals surface area contributed by atoms with Crippen molar-refractivity contribution in [2.75, 3.05) is 24.9 Å². The molecule has 3 nitrogen and oxygen atoms in total. The van der Waals surface area contributed by atoms with Crippen LogP contribution in [0.2, 0.25) is 0 Å². The Labute approximate surface area is 112 Å². The van der Waals surface area contributed by atoms with Crippen LogP contribution in [0.15, 0.2) is 30.5 Å². The molecule has 0 radical (unpaired) electrons. The number of aromatic nitrogens is 1. The second kappa shape index (κ2) is 6.45. The summed E-state index contributed by atoms with van der Waals surface area (Å²) in [4.78, 5) is 4.38. The number of fused-ring (bicyclic) bond motifs is 1. The van der Waals surface area contributed by atoms with Crippen LogP contribution in [0.25, 0.3) is 10.8 Å². The van der Waals surface area contributed by atoms with Gasteiger partial charge < -0.3 is 10.1 Å². The molecule has 1 aromatic heterocycles. The second-order valence-electron chi connectivity index (χ2n) is 4.07. The summed E-state index contributed by atoms with van der Waals surface area (Å²) in [6.07, 6.45) is 3.88. The SMILES string of the molecule is COc1ccc2ccnc(NCCCCCl)c2c1. The molecule has 2 rings (SSSR count). The van der Waals surface area contributed by atoms with E-state index >= 15 is 0 Å². The molecule has 1 heterocycles. The highest BCUT2D eigenvalue weighted by Crippen LogP contribution is 2.25. The molecule has 0 bridgehead atoms. The third-order valence-corrected chi connectivity index (χ3v) is 3.09. The van der Waals surface area contributed by atoms with E-state index in [0.29, 0.717) is 5.88 Å². The molecule has 0 spiro atoms. The second-order valence-corrected chi connectivity index (χ2v) is 4.45. The molecule has 1 aromatic carbocycles. The Kier molecular flexibility index (Phi) is 4.65. The number of methoxy groups -OCH3 is 1. The number of unbranched alkanes of at least 4 members (excludes halogenated alkanes) is 1. The smallest absolute Gasteiger partial charge is 0.133 e. The van der Waals surface area contributed by atoms with Crippen LogP contribution in [0.5, 0.6) is 5.75 Å². The Bertz CT molecular complexity index is 516. The summed E-state index contributed by atoms with van der Waals surface area (Å²) < 4.78 is 5.25. The minimum atomic E-state index is 0.707. The fraction of sp³-hybridized carbons (Fsp3) is 0.357. The quantitative estimate of drug-likeness (QED) is 0.638. The van der Waals surface area contributed by atoms with Gasteiger partial charge in [-0.2, -0.15) is 0 Å². The van der Waals surface area contributed by atoms with Crippen LogP contribution >= 0.6 is 11.6 Å². The maximum absolute atomic E-state index is 5.66. The molecule has 4 heteroatoms. The monoisotopic (exact) mass is 264 g/mol. The lowest BCUT2D eigenvalue weighted by Gasteiger charge is -2.09. The van der Waals surface area contributed by atoms with Gasteiger partial charge in [0.05, 0.1) is 7.11 Å². The van der Waals surface area contributed by atoms with Crippen LogP contribution in [0, 0.1) is 0 Å². The van der Waals surface area contributed by atoms with Crippen molar-refractivity contribution in [1.29, 1.82) is 0 Å². The molecule has 0 aliphatic heterocycles. The van der Waals surface area contributed by atoms with Crippen LogP contribution in [0.3, 0.4) is 0 Å². The van der Waals surface area contributed by atoms with E-state index < -0.39 is 0 Å². The molecule has 0 aliphatic rings. The van der Waals surface area contributed by atoms with E-state index in [-0.39, 0.29) is 0 Å². The summed E-state index contributed by atoms with van der Waals surface area (Å²) in [5, 5.41) is 5.59. The van der Waals surface area contributed by atoms with Crippen LogP contribution in [0.1, 0.15) is 12.8 Å². The zero-order chi connectivity index (χ0) is 12.8. The van der Waals surface area contributed by atoms with Crippen molar-refractivity contribution in [3.05, 3.63) is 30.5 Å². The van der Waals surface area contributed by atoms with Gasteiger partial charge >= 0.3 is 0 Å². The van der Waals surface area contributed by atoms with Crippen LogP contribution in [0.4, 0.5) is 5.82 Å². The predicted molar refractivity (Wildman–Crippen MR) is 76.7 cm³/mol. The lowest BCUT2D eigenvalue weighted by atomic mass is 10.1. The maximum atomic E-state index is 5.66. The number of pyridine rings is 1. The summed E-state index contributed by atoms with van der Waals surface area (Å²) in [6.45, 7) is 0.885. The molecular formula is C14H17ClN2O. The lowest BCUT2D eigenvalue weighted by Crippen LogP contribution is -2.04. The normalized spacial score (nSPS) is 10.6. The first kappa shape index (κ1) is 13.0. The first-order valence-corrected chi connectivity index (χ1v) is 6.61. The zero-order valence-electron chi connectivity index (χ0n) is 10.4. The van der Waals surface area contributed by atoms with Crippen molar-refractivity contribution in [2.45, 2.75) is 12.8 Å². The van der Waals surface area contributed by atoms with E-state index in [4.69, 9.17) is 16.3 Å². The van der Waals surface area contributed by atoms with Crippen molar-refractivity contribution in [3.63, 3.8) is 0 Å². The highest BCUT2D eigenvalue weighted by atomic mass is 35.5. The number of alkyl halides is 1. The number of halogens is 1. The number of ether oxygens (including phenoxy) is 1. The number of anilines is 1. The maximum Gasteiger partial charge on any atom is 0.133 e. The van der Waals surface area contributed by atoms with E-state index in [1.54, 1.807) is 7.11 Å². The summed E-state index contributed by atoms with van der Waals surface area (Å²) in [5.74, 6) is 2.46. The molecular weight excluding hydrogens is 248 g/mol. The Morgan fingerprint density at radius 3 is 2.94 bits per heavy atom. The van der Waals surface area contributed by atoms with Gasteiger partial charge in [0.15, 0.2) is 0 Å². The van der Waals surface area contributed by atoms with E-state index in [1.807, 2.05) is 30.5 Å². The van der Waals surface area contributed by atoms with Crippen molar-refractivity contribution in [3.8, 4) is 5.75 Å². The number of rotatable bonds is 6. The molecule has 0 saturated heterocycles. The van der Waals surface area contributed by atoms with Crippen molar-refractivity contribution in [1.82, 2.24) is 4.98 Å². The van der Waals surface area contributed by atoms with Gasteiger partial charge in [-0.25, -0.2) is 4.98 Å². The standard InChI is InChI=1S/C14H17ClN2O/c1-18-12-5-4-11-6-9-17-14(13(11)10-12)16-8-3-2-7-15/h4-6,9-10H,2-3,7-8H2,1H3,(H,16,17). The molecule has 2 aromatic rings. The molecule has 96 valence electrons. The van der Waals surface area contributed by atoms with Gasteiger partial charge in [0.2, 0.25) is 0 Å². The van der Waals surface area contributed by atoms with Crippen LogP contribution in [-0.4, -0.2) is 24.5 Å². The Balaban J connectivity index is 2.20. The third kappa shape index (κ3) is 3.05. The summed E-state index contributed by atoms with van der Waals surface area (Å²) in [6, 6.07) is 8.00. The van der Waals surface area contributed by atoms with Gasteiger partial charge in [-0.3, -0.25) is 0 Å². The first-order chi connectivity index (χ1) is 8.85. The first-order valence-electron chi connectivity index (χ1n) is 6.08. The van der Waals surface area contributed by atoms with Gasteiger partial charge in [-0.15, -0.1) is 11.6 Å². The highest BCUT2D eigenvalue weighted by molar-refractivity contribution is 6.17. The molecule has 0 saturated carbocycles. The summed E-state index contributed by atoms with van der Waals surface area (Å²) in [5.41, 5.74) is 0. The van der Waals surface area contributed by atoms with Gasteiger partial charge in [0.1, 0.15) is 11.6 Å². The molecule has 0 unspecified atom stereocenters. The van der Waals surface area contributed by atoms with E-state index in [0.717, 1.165) is 41.7 Å².